The van der Waals surface area contributed by atoms with Gasteiger partial charge >= 0.3 is 0 Å². The molecule has 7 heteroatoms. The zero-order valence-electron chi connectivity index (χ0n) is 14.0. The van der Waals surface area contributed by atoms with Gasteiger partial charge in [0, 0.05) is 10.9 Å². The molecular formula is C17H24FN3OS2. The Bertz CT molecular complexity index is 567. The standard InChI is InChI=1S/C17H24FN3OS2/c1-11-4-3-5-15(12(11)2)19-17(23)21-20-16(22)10-24-14-8-6-13(18)7-9-14/h6-9,11-12,15H,3-5,10H2,1-2H3,(H,20,22)(H2,19,21,23)/t11-,12-,15+/m1/s1. The summed E-state index contributed by atoms with van der Waals surface area (Å²) in [6, 6.07) is 6.41. The highest BCUT2D eigenvalue weighted by Gasteiger charge is 2.27. The van der Waals surface area contributed by atoms with Crippen LogP contribution < -0.4 is 16.2 Å². The molecule has 0 aromatic heterocycles. The van der Waals surface area contributed by atoms with Gasteiger partial charge in [0.1, 0.15) is 5.82 Å². The second-order valence-electron chi connectivity index (χ2n) is 6.26. The van der Waals surface area contributed by atoms with E-state index in [9.17, 15) is 9.18 Å². The molecule has 0 saturated heterocycles. The highest BCUT2D eigenvalue weighted by atomic mass is 32.2. The minimum Gasteiger partial charge on any atom is -0.358 e. The monoisotopic (exact) mass is 369 g/mol. The number of hydrogen-bond acceptors (Lipinski definition) is 3. The van der Waals surface area contributed by atoms with Crippen LogP contribution in [0, 0.1) is 17.7 Å². The molecular weight excluding hydrogens is 345 g/mol. The third-order valence-electron chi connectivity index (χ3n) is 4.52. The van der Waals surface area contributed by atoms with E-state index in [4.69, 9.17) is 12.2 Å². The van der Waals surface area contributed by atoms with Gasteiger partial charge in [0.05, 0.1) is 5.75 Å². The summed E-state index contributed by atoms with van der Waals surface area (Å²) in [5.41, 5.74) is 5.35. The Morgan fingerprint density at radius 1 is 1.25 bits per heavy atom. The number of amides is 1. The summed E-state index contributed by atoms with van der Waals surface area (Å²) < 4.78 is 12.8. The van der Waals surface area contributed by atoms with E-state index >= 15 is 0 Å². The van der Waals surface area contributed by atoms with Crippen LogP contribution in [0.3, 0.4) is 0 Å². The molecule has 3 atom stereocenters. The van der Waals surface area contributed by atoms with Gasteiger partial charge in [0.25, 0.3) is 0 Å². The molecule has 1 aromatic rings. The average molecular weight is 370 g/mol. The molecule has 0 bridgehead atoms. The first kappa shape index (κ1) is 19.0. The van der Waals surface area contributed by atoms with Crippen molar-refractivity contribution in [2.24, 2.45) is 11.8 Å². The van der Waals surface area contributed by atoms with Gasteiger partial charge in [-0.2, -0.15) is 0 Å². The summed E-state index contributed by atoms with van der Waals surface area (Å²) >= 11 is 6.59. The summed E-state index contributed by atoms with van der Waals surface area (Å²) in [4.78, 5) is 12.7. The minimum atomic E-state index is -0.284. The number of rotatable bonds is 4. The molecule has 1 amide bonds. The van der Waals surface area contributed by atoms with Crippen LogP contribution in [-0.4, -0.2) is 22.8 Å². The van der Waals surface area contributed by atoms with Crippen LogP contribution in [0.2, 0.25) is 0 Å². The summed E-state index contributed by atoms with van der Waals surface area (Å²) in [6.07, 6.45) is 3.56. The van der Waals surface area contributed by atoms with Crippen LogP contribution in [0.4, 0.5) is 4.39 Å². The number of halogens is 1. The first-order valence-electron chi connectivity index (χ1n) is 8.19. The Morgan fingerprint density at radius 3 is 2.67 bits per heavy atom. The number of carbonyl (C=O) groups is 1. The van der Waals surface area contributed by atoms with Crippen LogP contribution in [0.25, 0.3) is 0 Å². The van der Waals surface area contributed by atoms with E-state index in [2.05, 4.69) is 30.0 Å². The van der Waals surface area contributed by atoms with Crippen LogP contribution in [0.1, 0.15) is 33.1 Å². The summed E-state index contributed by atoms with van der Waals surface area (Å²) in [7, 11) is 0. The van der Waals surface area contributed by atoms with Crippen molar-refractivity contribution in [3.63, 3.8) is 0 Å². The second-order valence-corrected chi connectivity index (χ2v) is 7.72. The van der Waals surface area contributed by atoms with Gasteiger partial charge in [-0.15, -0.1) is 11.8 Å². The van der Waals surface area contributed by atoms with E-state index in [1.165, 1.54) is 36.7 Å². The number of thiocarbonyl (C=S) groups is 1. The highest BCUT2D eigenvalue weighted by Crippen LogP contribution is 2.29. The van der Waals surface area contributed by atoms with E-state index in [1.807, 2.05) is 0 Å². The molecule has 2 rings (SSSR count). The van der Waals surface area contributed by atoms with Crippen LogP contribution >= 0.6 is 24.0 Å². The van der Waals surface area contributed by atoms with E-state index in [0.29, 0.717) is 23.0 Å². The molecule has 3 N–H and O–H groups in total. The van der Waals surface area contributed by atoms with Crippen LogP contribution in [0.15, 0.2) is 29.2 Å². The molecule has 0 unspecified atom stereocenters. The Labute approximate surface area is 152 Å². The lowest BCUT2D eigenvalue weighted by atomic mass is 9.78. The lowest BCUT2D eigenvalue weighted by Gasteiger charge is -2.35. The Balaban J connectivity index is 1.67. The summed E-state index contributed by atoms with van der Waals surface area (Å²) in [5, 5.41) is 3.74. The smallest absolute Gasteiger partial charge is 0.248 e. The van der Waals surface area contributed by atoms with Gasteiger partial charge in [-0.05, 0) is 54.7 Å². The fourth-order valence-electron chi connectivity index (χ4n) is 2.83. The van der Waals surface area contributed by atoms with Crippen molar-refractivity contribution in [1.82, 2.24) is 16.2 Å². The molecule has 4 nitrogen and oxygen atoms in total. The number of hydrazine groups is 1. The van der Waals surface area contributed by atoms with E-state index in [-0.39, 0.29) is 17.5 Å². The van der Waals surface area contributed by atoms with Crippen molar-refractivity contribution in [3.8, 4) is 0 Å². The van der Waals surface area contributed by atoms with Crippen molar-refractivity contribution in [3.05, 3.63) is 30.1 Å². The maximum absolute atomic E-state index is 12.8. The summed E-state index contributed by atoms with van der Waals surface area (Å²) in [5.74, 6) is 1.01. The van der Waals surface area contributed by atoms with E-state index in [0.717, 1.165) is 11.3 Å². The topological polar surface area (TPSA) is 53.2 Å². The van der Waals surface area contributed by atoms with Gasteiger partial charge in [-0.3, -0.25) is 15.6 Å². The molecule has 1 aliphatic carbocycles. The van der Waals surface area contributed by atoms with E-state index in [1.54, 1.807) is 12.1 Å². The van der Waals surface area contributed by atoms with Crippen LogP contribution in [0.5, 0.6) is 0 Å². The molecule has 0 radical (unpaired) electrons. The van der Waals surface area contributed by atoms with Crippen molar-refractivity contribution < 1.29 is 9.18 Å². The number of thioether (sulfide) groups is 1. The maximum Gasteiger partial charge on any atom is 0.248 e. The SMILES string of the molecule is C[C@@H]1[C@H](C)CCC[C@@H]1NC(=S)NNC(=O)CSc1ccc(F)cc1. The van der Waals surface area contributed by atoms with Gasteiger partial charge in [0.15, 0.2) is 5.11 Å². The quantitative estimate of drug-likeness (QED) is 0.432. The Hall–Kier alpha value is -1.34. The molecule has 132 valence electrons. The fraction of sp³-hybridized carbons (Fsp3) is 0.529. The predicted molar refractivity (Wildman–Crippen MR) is 100 cm³/mol. The zero-order chi connectivity index (χ0) is 17.5. The number of benzene rings is 1. The number of nitrogens with one attached hydrogen (secondary N) is 3. The Kier molecular flexibility index (Phi) is 7.30. The average Bonchev–Trinajstić information content (AvgIpc) is 2.56. The molecule has 1 saturated carbocycles. The molecule has 0 spiro atoms. The first-order valence-corrected chi connectivity index (χ1v) is 9.59. The molecule has 1 fully saturated rings. The molecule has 24 heavy (non-hydrogen) atoms. The normalized spacial score (nSPS) is 23.4. The summed E-state index contributed by atoms with van der Waals surface area (Å²) in [6.45, 7) is 4.51. The van der Waals surface area contributed by atoms with Crippen LogP contribution in [-0.2, 0) is 4.79 Å². The van der Waals surface area contributed by atoms with Crippen molar-refractivity contribution in [2.75, 3.05) is 5.75 Å². The van der Waals surface area contributed by atoms with Crippen molar-refractivity contribution in [1.29, 1.82) is 0 Å². The number of carbonyl (C=O) groups excluding carboxylic acids is 1. The van der Waals surface area contributed by atoms with E-state index < -0.39 is 0 Å². The van der Waals surface area contributed by atoms with Gasteiger partial charge in [-0.25, -0.2) is 4.39 Å². The van der Waals surface area contributed by atoms with Crippen molar-refractivity contribution >= 4 is 35.0 Å². The van der Waals surface area contributed by atoms with Gasteiger partial charge < -0.3 is 5.32 Å². The maximum atomic E-state index is 12.8. The lowest BCUT2D eigenvalue weighted by molar-refractivity contribution is -0.119. The molecule has 1 aromatic carbocycles. The molecule has 0 heterocycles. The third kappa shape index (κ3) is 5.94. The lowest BCUT2D eigenvalue weighted by Crippen LogP contribution is -2.52. The van der Waals surface area contributed by atoms with Crippen molar-refractivity contribution in [2.45, 2.75) is 44.0 Å². The largest absolute Gasteiger partial charge is 0.358 e. The first-order chi connectivity index (χ1) is 11.5. The minimum absolute atomic E-state index is 0.182. The molecule has 1 aliphatic rings. The fourth-order valence-corrected chi connectivity index (χ4v) is 3.73. The van der Waals surface area contributed by atoms with Gasteiger partial charge in [-0.1, -0.05) is 26.7 Å². The highest BCUT2D eigenvalue weighted by molar-refractivity contribution is 8.00. The second kappa shape index (κ2) is 9.22. The Morgan fingerprint density at radius 2 is 1.96 bits per heavy atom. The predicted octanol–water partition coefficient (Wildman–Crippen LogP) is 3.24. The molecule has 0 aliphatic heterocycles. The number of hydrogen-bond donors (Lipinski definition) is 3. The zero-order valence-corrected chi connectivity index (χ0v) is 15.6. The van der Waals surface area contributed by atoms with Gasteiger partial charge in [0.2, 0.25) is 5.91 Å². The third-order valence-corrected chi connectivity index (χ3v) is 5.75.